The van der Waals surface area contributed by atoms with Gasteiger partial charge in [-0.15, -0.1) is 0 Å². The molecule has 0 aromatic carbocycles. The maximum Gasteiger partial charge on any atom is 0.0651 e. The van der Waals surface area contributed by atoms with Gasteiger partial charge in [-0.3, -0.25) is 0 Å². The van der Waals surface area contributed by atoms with E-state index in [1.165, 1.54) is 109 Å². The van der Waals surface area contributed by atoms with Crippen molar-refractivity contribution in [1.82, 2.24) is 0 Å². The molecule has 0 spiro atoms. The van der Waals surface area contributed by atoms with Crippen LogP contribution >= 0.6 is 0 Å². The predicted molar refractivity (Wildman–Crippen MR) is 124 cm³/mol. The maximum absolute atomic E-state index is 6.31. The zero-order valence-corrected chi connectivity index (χ0v) is 19.5. The Bertz CT molecular complexity index is 392. The molecular weight excluding hydrogens is 340 g/mol. The summed E-state index contributed by atoms with van der Waals surface area (Å²) in [6.07, 6.45) is 29.2. The summed E-state index contributed by atoms with van der Waals surface area (Å²) in [6, 6.07) is 0. The van der Waals surface area contributed by atoms with Crippen molar-refractivity contribution in [3.8, 4) is 0 Å². The molecule has 0 aliphatic heterocycles. The first-order chi connectivity index (χ1) is 13.7. The van der Waals surface area contributed by atoms with Crippen molar-refractivity contribution >= 4 is 0 Å². The second-order valence-electron chi connectivity index (χ2n) is 9.94. The van der Waals surface area contributed by atoms with Crippen molar-refractivity contribution in [3.63, 3.8) is 0 Å². The van der Waals surface area contributed by atoms with Crippen LogP contribution in [0, 0.1) is 17.3 Å². The molecule has 28 heavy (non-hydrogen) atoms. The third kappa shape index (κ3) is 7.85. The van der Waals surface area contributed by atoms with Crippen molar-refractivity contribution in [2.75, 3.05) is 6.61 Å². The van der Waals surface area contributed by atoms with Crippen LogP contribution in [0.2, 0.25) is 0 Å². The monoisotopic (exact) mass is 390 g/mol. The van der Waals surface area contributed by atoms with Crippen LogP contribution in [-0.4, -0.2) is 12.7 Å². The summed E-state index contributed by atoms with van der Waals surface area (Å²) >= 11 is 0. The fourth-order valence-electron chi connectivity index (χ4n) is 6.08. The Morgan fingerprint density at radius 3 is 2.14 bits per heavy atom. The summed E-state index contributed by atoms with van der Waals surface area (Å²) in [5.41, 5.74) is 0.477. The summed E-state index contributed by atoms with van der Waals surface area (Å²) in [4.78, 5) is 0. The van der Waals surface area contributed by atoms with Crippen LogP contribution in [0.3, 0.4) is 0 Å². The Kier molecular flexibility index (Phi) is 11.8. The molecule has 2 rings (SSSR count). The number of unbranched alkanes of at least 4 members (excludes halogenated alkanes) is 2. The number of hydrogen-bond donors (Lipinski definition) is 0. The second-order valence-corrected chi connectivity index (χ2v) is 9.94. The van der Waals surface area contributed by atoms with E-state index in [2.05, 4.69) is 32.9 Å². The molecule has 164 valence electrons. The highest BCUT2D eigenvalue weighted by Crippen LogP contribution is 2.47. The average Bonchev–Trinajstić information content (AvgIpc) is 2.73. The van der Waals surface area contributed by atoms with Gasteiger partial charge in [-0.05, 0) is 68.6 Å². The highest BCUT2D eigenvalue weighted by atomic mass is 16.5. The van der Waals surface area contributed by atoms with Gasteiger partial charge in [0.15, 0.2) is 0 Å². The minimum absolute atomic E-state index is 0.477. The Morgan fingerprint density at radius 2 is 1.54 bits per heavy atom. The van der Waals surface area contributed by atoms with Gasteiger partial charge in [0.25, 0.3) is 0 Å². The van der Waals surface area contributed by atoms with Gasteiger partial charge in [0.05, 0.1) is 12.7 Å². The lowest BCUT2D eigenvalue weighted by atomic mass is 9.63. The van der Waals surface area contributed by atoms with E-state index < -0.39 is 0 Å². The van der Waals surface area contributed by atoms with Gasteiger partial charge in [0.1, 0.15) is 0 Å². The molecule has 0 aromatic rings. The van der Waals surface area contributed by atoms with E-state index >= 15 is 0 Å². The van der Waals surface area contributed by atoms with Gasteiger partial charge in [-0.2, -0.15) is 0 Å². The Hall–Kier alpha value is -0.300. The van der Waals surface area contributed by atoms with Crippen LogP contribution < -0.4 is 0 Å². The first kappa shape index (κ1) is 24.0. The number of rotatable bonds is 13. The minimum Gasteiger partial charge on any atom is -0.374 e. The molecule has 0 aromatic heterocycles. The van der Waals surface area contributed by atoms with Gasteiger partial charge in [-0.1, -0.05) is 90.7 Å². The molecule has 2 fully saturated rings. The standard InChI is InChI=1S/C27H50O/c1-4-7-9-15-24-16-18-26(19-17-24)28-23-12-22-27(20-10-8-11-21-27)25(13-5-2)14-6-3/h12,22,24-26H,4-11,13-21,23H2,1-3H3/b22-12+/t24-,26-. The molecule has 1 heteroatoms. The minimum atomic E-state index is 0.477. The van der Waals surface area contributed by atoms with Crippen LogP contribution in [0.1, 0.15) is 130 Å². The highest BCUT2D eigenvalue weighted by molar-refractivity contribution is 5.05. The third-order valence-electron chi connectivity index (χ3n) is 7.76. The molecule has 2 aliphatic carbocycles. The topological polar surface area (TPSA) is 9.23 Å². The molecule has 0 N–H and O–H groups in total. The van der Waals surface area contributed by atoms with E-state index in [1.807, 2.05) is 0 Å². The van der Waals surface area contributed by atoms with Gasteiger partial charge in [0, 0.05) is 0 Å². The van der Waals surface area contributed by atoms with Crippen LogP contribution in [0.15, 0.2) is 12.2 Å². The Labute approximate surface area is 177 Å². The molecule has 2 aliphatic rings. The van der Waals surface area contributed by atoms with Crippen molar-refractivity contribution in [2.45, 2.75) is 136 Å². The van der Waals surface area contributed by atoms with Crippen molar-refractivity contribution < 1.29 is 4.74 Å². The van der Waals surface area contributed by atoms with E-state index in [1.54, 1.807) is 0 Å². The fraction of sp³-hybridized carbons (Fsp3) is 0.926. The van der Waals surface area contributed by atoms with Gasteiger partial charge in [0.2, 0.25) is 0 Å². The van der Waals surface area contributed by atoms with Gasteiger partial charge >= 0.3 is 0 Å². The van der Waals surface area contributed by atoms with Crippen LogP contribution in [-0.2, 0) is 4.74 Å². The largest absolute Gasteiger partial charge is 0.374 e. The molecule has 0 saturated heterocycles. The quantitative estimate of drug-likeness (QED) is 0.225. The first-order valence-electron chi connectivity index (χ1n) is 13.0. The molecule has 1 nitrogen and oxygen atoms in total. The van der Waals surface area contributed by atoms with Gasteiger partial charge in [-0.25, -0.2) is 0 Å². The second kappa shape index (κ2) is 13.8. The summed E-state index contributed by atoms with van der Waals surface area (Å²) in [5.74, 6) is 1.87. The Morgan fingerprint density at radius 1 is 0.857 bits per heavy atom. The fourth-order valence-corrected chi connectivity index (χ4v) is 6.08. The van der Waals surface area contributed by atoms with Crippen molar-refractivity contribution in [1.29, 1.82) is 0 Å². The van der Waals surface area contributed by atoms with E-state index in [9.17, 15) is 0 Å². The Balaban J connectivity index is 1.77. The summed E-state index contributed by atoms with van der Waals surface area (Å²) in [6.45, 7) is 7.88. The SMILES string of the molecule is CCCCC[C@H]1CC[C@H](OC/C=C/C2(C(CCC)CCC)CCCCC2)CC1. The molecule has 0 amide bonds. The lowest BCUT2D eigenvalue weighted by Crippen LogP contribution is -2.31. The lowest BCUT2D eigenvalue weighted by Gasteiger charge is -2.42. The van der Waals surface area contributed by atoms with E-state index in [-0.39, 0.29) is 0 Å². The first-order valence-corrected chi connectivity index (χ1v) is 13.0. The number of ether oxygens (including phenoxy) is 1. The summed E-state index contributed by atoms with van der Waals surface area (Å²) in [7, 11) is 0. The zero-order chi connectivity index (χ0) is 20.1. The molecule has 0 atom stereocenters. The maximum atomic E-state index is 6.31. The van der Waals surface area contributed by atoms with Crippen molar-refractivity contribution in [3.05, 3.63) is 12.2 Å². The third-order valence-corrected chi connectivity index (χ3v) is 7.76. The molecule has 0 bridgehead atoms. The normalized spacial score (nSPS) is 25.6. The molecule has 0 radical (unpaired) electrons. The van der Waals surface area contributed by atoms with Gasteiger partial charge < -0.3 is 4.74 Å². The highest BCUT2D eigenvalue weighted by Gasteiger charge is 2.36. The number of allylic oxidation sites excluding steroid dienone is 1. The molecule has 2 saturated carbocycles. The predicted octanol–water partition coefficient (Wildman–Crippen LogP) is 8.87. The molecular formula is C27H50O. The van der Waals surface area contributed by atoms with E-state index in [4.69, 9.17) is 4.74 Å². The van der Waals surface area contributed by atoms with E-state index in [0.29, 0.717) is 11.5 Å². The zero-order valence-electron chi connectivity index (χ0n) is 19.5. The van der Waals surface area contributed by atoms with Crippen LogP contribution in [0.5, 0.6) is 0 Å². The van der Waals surface area contributed by atoms with E-state index in [0.717, 1.165) is 18.4 Å². The lowest BCUT2D eigenvalue weighted by molar-refractivity contribution is 0.0325. The van der Waals surface area contributed by atoms with Crippen LogP contribution in [0.4, 0.5) is 0 Å². The summed E-state index contributed by atoms with van der Waals surface area (Å²) < 4.78 is 6.31. The molecule has 0 heterocycles. The van der Waals surface area contributed by atoms with Crippen molar-refractivity contribution in [2.24, 2.45) is 17.3 Å². The smallest absolute Gasteiger partial charge is 0.0651 e. The summed E-state index contributed by atoms with van der Waals surface area (Å²) in [5, 5.41) is 0. The molecule has 0 unspecified atom stereocenters. The number of hydrogen-bond acceptors (Lipinski definition) is 1. The average molecular weight is 391 g/mol. The van der Waals surface area contributed by atoms with Crippen LogP contribution in [0.25, 0.3) is 0 Å².